The molecule has 0 aliphatic rings. The number of carboxylic acids is 1. The fraction of sp³-hybridized carbons (Fsp3) is 0.200. The fourth-order valence-corrected chi connectivity index (χ4v) is 1.10. The van der Waals surface area contributed by atoms with Crippen LogP contribution in [0.1, 0.15) is 15.2 Å². The number of nitriles is 1. The first kappa shape index (κ1) is 7.23. The van der Waals surface area contributed by atoms with Crippen LogP contribution >= 0.6 is 0 Å². The van der Waals surface area contributed by atoms with Crippen molar-refractivity contribution in [1.29, 1.82) is 5.26 Å². The summed E-state index contributed by atoms with van der Waals surface area (Å²) in [4.78, 5) is 10.5. The summed E-state index contributed by atoms with van der Waals surface area (Å²) in [5.41, 5.74) is -0.557. The standard InChI is InChI=1S/C10H8FNO3/c1-15-9-3-6(4-10(13)14)2-8(11)7(9)5-12/h2-3H,4H2,1H3,(H,13,14)/i1D3. The minimum Gasteiger partial charge on any atom is -0.495 e. The van der Waals surface area contributed by atoms with Crippen LogP contribution in [0.5, 0.6) is 5.75 Å². The van der Waals surface area contributed by atoms with Gasteiger partial charge in [-0.15, -0.1) is 0 Å². The van der Waals surface area contributed by atoms with E-state index in [1.165, 1.54) is 6.07 Å². The van der Waals surface area contributed by atoms with E-state index in [0.29, 0.717) is 0 Å². The van der Waals surface area contributed by atoms with Crippen LogP contribution in [0.2, 0.25) is 0 Å². The first-order valence-corrected chi connectivity index (χ1v) is 3.86. The average Bonchev–Trinajstić information content (AvgIpc) is 2.13. The molecule has 0 aliphatic carbocycles. The van der Waals surface area contributed by atoms with Gasteiger partial charge in [-0.3, -0.25) is 4.79 Å². The molecule has 5 heteroatoms. The lowest BCUT2D eigenvalue weighted by Crippen LogP contribution is -2.02. The molecule has 0 amide bonds. The molecule has 0 saturated carbocycles. The highest BCUT2D eigenvalue weighted by Crippen LogP contribution is 2.23. The molecular formula is C10H8FNO3. The molecule has 15 heavy (non-hydrogen) atoms. The number of halogens is 1. The molecular weight excluding hydrogens is 201 g/mol. The minimum atomic E-state index is -2.85. The fourth-order valence-electron chi connectivity index (χ4n) is 1.10. The van der Waals surface area contributed by atoms with Crippen molar-refractivity contribution in [2.24, 2.45) is 0 Å². The van der Waals surface area contributed by atoms with Crippen molar-refractivity contribution in [2.75, 3.05) is 7.04 Å². The third kappa shape index (κ3) is 2.44. The summed E-state index contributed by atoms with van der Waals surface area (Å²) in [6.07, 6.45) is -0.500. The molecule has 0 aromatic heterocycles. The number of aliphatic carboxylic acids is 1. The Hall–Kier alpha value is -2.09. The van der Waals surface area contributed by atoms with Gasteiger partial charge >= 0.3 is 5.97 Å². The van der Waals surface area contributed by atoms with Crippen LogP contribution in [0, 0.1) is 17.1 Å². The average molecular weight is 212 g/mol. The van der Waals surface area contributed by atoms with Crippen LogP contribution in [0.25, 0.3) is 0 Å². The number of carboxylic acid groups (broad SMARTS) is 1. The number of carbonyl (C=O) groups is 1. The van der Waals surface area contributed by atoms with E-state index >= 15 is 0 Å². The van der Waals surface area contributed by atoms with Crippen molar-refractivity contribution < 1.29 is 23.1 Å². The Morgan fingerprint density at radius 3 is 3.07 bits per heavy atom. The van der Waals surface area contributed by atoms with Gasteiger partial charge in [0.1, 0.15) is 23.2 Å². The molecule has 0 aliphatic heterocycles. The molecule has 0 heterocycles. The summed E-state index contributed by atoms with van der Waals surface area (Å²) in [7, 11) is -2.85. The van der Waals surface area contributed by atoms with Crippen molar-refractivity contribution in [1.82, 2.24) is 0 Å². The van der Waals surface area contributed by atoms with Crippen molar-refractivity contribution in [2.45, 2.75) is 6.42 Å². The Labute approximate surface area is 89.7 Å². The molecule has 1 rings (SSSR count). The Balaban J connectivity index is 3.24. The summed E-state index contributed by atoms with van der Waals surface area (Å²) in [5, 5.41) is 17.3. The van der Waals surface area contributed by atoms with E-state index in [0.717, 1.165) is 12.1 Å². The zero-order valence-corrected chi connectivity index (χ0v) is 7.45. The summed E-state index contributed by atoms with van der Waals surface area (Å²) in [5.74, 6) is -2.72. The second-order valence-corrected chi connectivity index (χ2v) is 2.74. The lowest BCUT2D eigenvalue weighted by molar-refractivity contribution is -0.136. The number of hydrogen-bond donors (Lipinski definition) is 1. The van der Waals surface area contributed by atoms with Crippen LogP contribution in [-0.2, 0) is 11.2 Å². The highest BCUT2D eigenvalue weighted by molar-refractivity contribution is 5.70. The molecule has 1 N–H and O–H groups in total. The molecule has 1 aromatic rings. The van der Waals surface area contributed by atoms with Gasteiger partial charge in [0.05, 0.1) is 17.6 Å². The minimum absolute atomic E-state index is 0.0123. The number of benzene rings is 1. The maximum atomic E-state index is 13.5. The maximum Gasteiger partial charge on any atom is 0.307 e. The first-order valence-electron chi connectivity index (χ1n) is 5.36. The highest BCUT2D eigenvalue weighted by atomic mass is 19.1. The van der Waals surface area contributed by atoms with E-state index in [1.54, 1.807) is 0 Å². The van der Waals surface area contributed by atoms with E-state index in [9.17, 15) is 9.18 Å². The van der Waals surface area contributed by atoms with E-state index in [4.69, 9.17) is 14.5 Å². The third-order valence-electron chi connectivity index (χ3n) is 1.69. The molecule has 0 fully saturated rings. The Morgan fingerprint density at radius 1 is 1.80 bits per heavy atom. The van der Waals surface area contributed by atoms with Crippen molar-refractivity contribution in [3.63, 3.8) is 0 Å². The molecule has 0 saturated heterocycles. The van der Waals surface area contributed by atoms with Gasteiger partial charge in [0.15, 0.2) is 0 Å². The molecule has 4 nitrogen and oxygen atoms in total. The van der Waals surface area contributed by atoms with Gasteiger partial charge in [0.2, 0.25) is 0 Å². The largest absolute Gasteiger partial charge is 0.495 e. The van der Waals surface area contributed by atoms with Crippen molar-refractivity contribution in [3.05, 3.63) is 29.1 Å². The quantitative estimate of drug-likeness (QED) is 0.820. The summed E-state index contributed by atoms with van der Waals surface area (Å²) >= 11 is 0. The van der Waals surface area contributed by atoms with Gasteiger partial charge in [0.25, 0.3) is 0 Å². The van der Waals surface area contributed by atoms with E-state index < -0.39 is 36.6 Å². The van der Waals surface area contributed by atoms with E-state index in [2.05, 4.69) is 4.74 Å². The molecule has 0 atom stereocenters. The van der Waals surface area contributed by atoms with Crippen LogP contribution in [-0.4, -0.2) is 18.1 Å². The zero-order valence-electron chi connectivity index (χ0n) is 10.5. The Bertz CT molecular complexity index is 522. The lowest BCUT2D eigenvalue weighted by Gasteiger charge is -2.05. The van der Waals surface area contributed by atoms with Gasteiger partial charge < -0.3 is 9.84 Å². The van der Waals surface area contributed by atoms with Crippen LogP contribution in [0.3, 0.4) is 0 Å². The van der Waals surface area contributed by atoms with Crippen molar-refractivity contribution >= 4 is 5.97 Å². The monoisotopic (exact) mass is 212 g/mol. The van der Waals surface area contributed by atoms with Crippen LogP contribution in [0.15, 0.2) is 12.1 Å². The number of rotatable bonds is 3. The molecule has 0 bridgehead atoms. The predicted octanol–water partition coefficient (Wildman–Crippen LogP) is 1.33. The first-order chi connectivity index (χ1) is 8.23. The molecule has 0 unspecified atom stereocenters. The van der Waals surface area contributed by atoms with E-state index in [-0.39, 0.29) is 5.56 Å². The lowest BCUT2D eigenvalue weighted by atomic mass is 10.1. The second-order valence-electron chi connectivity index (χ2n) is 2.74. The Morgan fingerprint density at radius 2 is 2.53 bits per heavy atom. The number of ether oxygens (including phenoxy) is 1. The summed E-state index contributed by atoms with van der Waals surface area (Å²) in [6.45, 7) is 0. The molecule has 1 aromatic carbocycles. The predicted molar refractivity (Wildman–Crippen MR) is 49.0 cm³/mol. The zero-order chi connectivity index (χ0) is 13.9. The summed E-state index contributed by atoms with van der Waals surface area (Å²) in [6, 6.07) is 3.36. The SMILES string of the molecule is [2H]C([2H])([2H])Oc1cc(CC(=O)O)cc(F)c1C#N. The second kappa shape index (κ2) is 4.42. The maximum absolute atomic E-state index is 13.5. The van der Waals surface area contributed by atoms with Gasteiger partial charge in [-0.25, -0.2) is 4.39 Å². The summed E-state index contributed by atoms with van der Waals surface area (Å²) < 4.78 is 38.6. The molecule has 0 radical (unpaired) electrons. The van der Waals surface area contributed by atoms with Gasteiger partial charge in [-0.2, -0.15) is 5.26 Å². The number of methoxy groups -OCH3 is 1. The Kier molecular flexibility index (Phi) is 2.13. The topological polar surface area (TPSA) is 70.3 Å². The normalized spacial score (nSPS) is 13.2. The van der Waals surface area contributed by atoms with Crippen LogP contribution < -0.4 is 4.74 Å². The molecule has 0 spiro atoms. The third-order valence-corrected chi connectivity index (χ3v) is 1.69. The van der Waals surface area contributed by atoms with Crippen LogP contribution in [0.4, 0.5) is 4.39 Å². The van der Waals surface area contributed by atoms with Gasteiger partial charge in [-0.1, -0.05) is 0 Å². The van der Waals surface area contributed by atoms with E-state index in [1.807, 2.05) is 0 Å². The highest BCUT2D eigenvalue weighted by Gasteiger charge is 2.12. The smallest absolute Gasteiger partial charge is 0.307 e. The van der Waals surface area contributed by atoms with Crippen molar-refractivity contribution in [3.8, 4) is 11.8 Å². The van der Waals surface area contributed by atoms with Gasteiger partial charge in [-0.05, 0) is 17.7 Å². The van der Waals surface area contributed by atoms with Gasteiger partial charge in [0, 0.05) is 0 Å². The number of nitrogens with zero attached hydrogens (tertiary/aromatic N) is 1. The number of hydrogen-bond acceptors (Lipinski definition) is 3. The molecule has 78 valence electrons.